The van der Waals surface area contributed by atoms with Gasteiger partial charge in [0.2, 0.25) is 0 Å². The van der Waals surface area contributed by atoms with Crippen molar-refractivity contribution in [2.45, 2.75) is 26.7 Å². The van der Waals surface area contributed by atoms with Crippen molar-refractivity contribution in [2.75, 3.05) is 0 Å². The van der Waals surface area contributed by atoms with Crippen LogP contribution >= 0.6 is 0 Å². The summed E-state index contributed by atoms with van der Waals surface area (Å²) in [5.41, 5.74) is 0.642. The molecule has 66 valence electrons. The molecule has 0 N–H and O–H groups in total. The molecule has 1 heterocycles. The zero-order chi connectivity index (χ0) is 8.97. The molecule has 1 aliphatic carbocycles. The van der Waals surface area contributed by atoms with Crippen LogP contribution in [-0.2, 0) is 6.42 Å². The molecule has 0 fully saturated rings. The molecule has 2 rings (SSSR count). The van der Waals surface area contributed by atoms with E-state index in [1.165, 1.54) is 0 Å². The molecular formula is C9H12FNO. The van der Waals surface area contributed by atoms with Gasteiger partial charge in [-0.1, -0.05) is 19.9 Å². The Bertz CT molecular complexity index is 278. The Morgan fingerprint density at radius 1 is 1.50 bits per heavy atom. The fraction of sp³-hybridized carbons (Fsp3) is 0.444. The summed E-state index contributed by atoms with van der Waals surface area (Å²) in [7, 11) is 0. The predicted octanol–water partition coefficient (Wildman–Crippen LogP) is 2.80. The van der Waals surface area contributed by atoms with Crippen molar-refractivity contribution >= 4 is 6.08 Å². The van der Waals surface area contributed by atoms with Crippen LogP contribution in [-0.4, -0.2) is 4.98 Å². The largest absolute Gasteiger partial charge is 0.419 e. The molecule has 0 spiro atoms. The van der Waals surface area contributed by atoms with Crippen LogP contribution in [0.15, 0.2) is 10.5 Å². The first kappa shape index (κ1) is 8.97. The maximum absolute atomic E-state index is 12.3. The maximum Gasteiger partial charge on any atom is 0.382 e. The molecule has 1 aliphatic rings. The zero-order valence-electron chi connectivity index (χ0n) is 7.30. The van der Waals surface area contributed by atoms with Gasteiger partial charge < -0.3 is 4.42 Å². The third kappa shape index (κ3) is 1.72. The molecule has 0 amide bonds. The second-order valence-electron chi connectivity index (χ2n) is 2.22. The molecule has 2 nitrogen and oxygen atoms in total. The highest BCUT2D eigenvalue weighted by molar-refractivity contribution is 5.48. The average Bonchev–Trinajstić information content (AvgIpc) is 2.48. The highest BCUT2D eigenvalue weighted by Crippen LogP contribution is 2.18. The minimum absolute atomic E-state index is 0.642. The smallest absolute Gasteiger partial charge is 0.382 e. The summed E-state index contributed by atoms with van der Waals surface area (Å²) in [5, 5.41) is 0. The van der Waals surface area contributed by atoms with Crippen LogP contribution < -0.4 is 0 Å². The van der Waals surface area contributed by atoms with E-state index < -0.39 is 6.14 Å². The van der Waals surface area contributed by atoms with Crippen LogP contribution in [0.4, 0.5) is 4.39 Å². The van der Waals surface area contributed by atoms with Crippen molar-refractivity contribution in [1.29, 1.82) is 0 Å². The molecule has 0 unspecified atom stereocenters. The monoisotopic (exact) mass is 169 g/mol. The Morgan fingerprint density at radius 2 is 2.25 bits per heavy atom. The number of aromatic nitrogens is 1. The molecule has 0 saturated heterocycles. The average molecular weight is 169 g/mol. The first-order valence-corrected chi connectivity index (χ1v) is 4.18. The highest BCUT2D eigenvalue weighted by Gasteiger charge is 2.11. The SMILES string of the molecule is CC.Fc1nc2c(o1)CCC=C2. The molecule has 1 aromatic rings. The van der Waals surface area contributed by atoms with Gasteiger partial charge in [0.25, 0.3) is 0 Å². The van der Waals surface area contributed by atoms with E-state index in [1.54, 1.807) is 6.08 Å². The quantitative estimate of drug-likeness (QED) is 0.596. The van der Waals surface area contributed by atoms with Gasteiger partial charge in [-0.2, -0.15) is 4.98 Å². The fourth-order valence-corrected chi connectivity index (χ4v) is 1.05. The molecule has 0 aliphatic heterocycles. The van der Waals surface area contributed by atoms with Crippen LogP contribution in [0, 0.1) is 6.14 Å². The van der Waals surface area contributed by atoms with Gasteiger partial charge in [0.15, 0.2) is 0 Å². The van der Waals surface area contributed by atoms with E-state index >= 15 is 0 Å². The van der Waals surface area contributed by atoms with Gasteiger partial charge in [-0.25, -0.2) is 0 Å². The van der Waals surface area contributed by atoms with E-state index in [-0.39, 0.29) is 0 Å². The number of hydrogen-bond donors (Lipinski definition) is 0. The summed E-state index contributed by atoms with van der Waals surface area (Å²) in [5.74, 6) is 0.667. The second kappa shape index (κ2) is 4.04. The van der Waals surface area contributed by atoms with E-state index in [1.807, 2.05) is 19.9 Å². The van der Waals surface area contributed by atoms with Gasteiger partial charge in [-0.15, -0.1) is 4.39 Å². The Labute approximate surface area is 71.1 Å². The summed E-state index contributed by atoms with van der Waals surface area (Å²) in [6.07, 6.45) is 4.71. The molecule has 12 heavy (non-hydrogen) atoms. The van der Waals surface area contributed by atoms with Crippen LogP contribution in [0.5, 0.6) is 0 Å². The first-order chi connectivity index (χ1) is 5.86. The first-order valence-electron chi connectivity index (χ1n) is 4.18. The highest BCUT2D eigenvalue weighted by atomic mass is 19.1. The van der Waals surface area contributed by atoms with Gasteiger partial charge in [0.05, 0.1) is 0 Å². The summed E-state index contributed by atoms with van der Waals surface area (Å²) >= 11 is 0. The lowest BCUT2D eigenvalue weighted by Crippen LogP contribution is -1.88. The van der Waals surface area contributed by atoms with E-state index in [2.05, 4.69) is 9.40 Å². The van der Waals surface area contributed by atoms with Gasteiger partial charge in [0.1, 0.15) is 11.5 Å². The molecule has 0 aromatic carbocycles. The summed E-state index contributed by atoms with van der Waals surface area (Å²) < 4.78 is 17.0. The lowest BCUT2D eigenvalue weighted by molar-refractivity contribution is 0.318. The minimum atomic E-state index is -0.725. The zero-order valence-corrected chi connectivity index (χ0v) is 7.30. The molecular weight excluding hydrogens is 157 g/mol. The number of nitrogens with zero attached hydrogens (tertiary/aromatic N) is 1. The van der Waals surface area contributed by atoms with Gasteiger partial charge in [0, 0.05) is 6.42 Å². The Hall–Kier alpha value is -1.12. The molecule has 0 saturated carbocycles. The number of allylic oxidation sites excluding steroid dienone is 1. The lowest BCUT2D eigenvalue weighted by Gasteiger charge is -1.97. The topological polar surface area (TPSA) is 26.0 Å². The summed E-state index contributed by atoms with van der Waals surface area (Å²) in [6.45, 7) is 4.00. The van der Waals surface area contributed by atoms with Crippen molar-refractivity contribution in [3.63, 3.8) is 0 Å². The lowest BCUT2D eigenvalue weighted by atomic mass is 10.1. The number of aryl methyl sites for hydroxylation is 1. The van der Waals surface area contributed by atoms with Crippen LogP contribution in [0.1, 0.15) is 31.7 Å². The third-order valence-corrected chi connectivity index (χ3v) is 1.52. The van der Waals surface area contributed by atoms with Crippen LogP contribution in [0.3, 0.4) is 0 Å². The predicted molar refractivity (Wildman–Crippen MR) is 45.2 cm³/mol. The van der Waals surface area contributed by atoms with E-state index in [0.717, 1.165) is 12.8 Å². The van der Waals surface area contributed by atoms with Crippen molar-refractivity contribution in [3.8, 4) is 0 Å². The molecule has 3 heteroatoms. The molecule has 0 atom stereocenters. The van der Waals surface area contributed by atoms with Crippen molar-refractivity contribution in [1.82, 2.24) is 4.98 Å². The number of fused-ring (bicyclic) bond motifs is 1. The standard InChI is InChI=1S/C7H6FNO.C2H6/c8-7-9-5-3-1-2-4-6(5)10-7;1-2/h1,3H,2,4H2;1-2H3. The molecule has 1 aromatic heterocycles. The summed E-state index contributed by atoms with van der Waals surface area (Å²) in [6, 6.07) is 0. The number of rotatable bonds is 0. The van der Waals surface area contributed by atoms with E-state index in [0.29, 0.717) is 11.5 Å². The Balaban J connectivity index is 0.000000336. The van der Waals surface area contributed by atoms with E-state index in [9.17, 15) is 4.39 Å². The summed E-state index contributed by atoms with van der Waals surface area (Å²) in [4.78, 5) is 3.53. The third-order valence-electron chi connectivity index (χ3n) is 1.52. The fourth-order valence-electron chi connectivity index (χ4n) is 1.05. The number of oxazole rings is 1. The van der Waals surface area contributed by atoms with Gasteiger partial charge >= 0.3 is 6.14 Å². The number of hydrogen-bond acceptors (Lipinski definition) is 2. The van der Waals surface area contributed by atoms with Crippen molar-refractivity contribution in [2.24, 2.45) is 0 Å². The Morgan fingerprint density at radius 3 is 2.92 bits per heavy atom. The minimum Gasteiger partial charge on any atom is -0.419 e. The van der Waals surface area contributed by atoms with Gasteiger partial charge in [-0.3, -0.25) is 0 Å². The van der Waals surface area contributed by atoms with Crippen molar-refractivity contribution < 1.29 is 8.81 Å². The Kier molecular flexibility index (Phi) is 3.02. The van der Waals surface area contributed by atoms with Crippen molar-refractivity contribution in [3.05, 3.63) is 23.7 Å². The maximum atomic E-state index is 12.3. The van der Waals surface area contributed by atoms with E-state index in [4.69, 9.17) is 0 Å². The molecule has 0 bridgehead atoms. The van der Waals surface area contributed by atoms with Crippen LogP contribution in [0.2, 0.25) is 0 Å². The normalized spacial score (nSPS) is 13.2. The van der Waals surface area contributed by atoms with Crippen LogP contribution in [0.25, 0.3) is 6.08 Å². The van der Waals surface area contributed by atoms with Gasteiger partial charge in [-0.05, 0) is 12.5 Å². The second-order valence-corrected chi connectivity index (χ2v) is 2.22. The molecule has 0 radical (unpaired) electrons. The number of halogens is 1.